The maximum atomic E-state index is 10.6. The second-order valence-electron chi connectivity index (χ2n) is 5.05. The molecule has 3 heteroatoms. The fourth-order valence-electron chi connectivity index (χ4n) is 2.69. The molecule has 1 N–H and O–H groups in total. The number of aliphatic hydroxyl groups is 1. The van der Waals surface area contributed by atoms with E-state index in [1.165, 1.54) is 18.4 Å². The summed E-state index contributed by atoms with van der Waals surface area (Å²) in [7, 11) is 1.68. The van der Waals surface area contributed by atoms with E-state index < -0.39 is 6.10 Å². The molecule has 2 atom stereocenters. The van der Waals surface area contributed by atoms with Gasteiger partial charge in [0.15, 0.2) is 0 Å². The minimum absolute atomic E-state index is 0.314. The van der Waals surface area contributed by atoms with Crippen LogP contribution in [0.2, 0.25) is 0 Å². The zero-order valence-electron chi connectivity index (χ0n) is 11.4. The summed E-state index contributed by atoms with van der Waals surface area (Å²) >= 11 is 1.89. The molecular weight excluding hydrogens is 244 g/mol. The summed E-state index contributed by atoms with van der Waals surface area (Å²) in [6.45, 7) is 4.11. The van der Waals surface area contributed by atoms with Crippen LogP contribution in [0.5, 0.6) is 5.75 Å². The summed E-state index contributed by atoms with van der Waals surface area (Å²) in [5, 5.41) is 10.9. The molecule has 1 fully saturated rings. The van der Waals surface area contributed by atoms with Crippen LogP contribution in [0.15, 0.2) is 12.1 Å². The fraction of sp³-hybridized carbons (Fsp3) is 0.600. The van der Waals surface area contributed by atoms with Crippen LogP contribution in [0, 0.1) is 13.8 Å². The van der Waals surface area contributed by atoms with Crippen molar-refractivity contribution in [2.24, 2.45) is 0 Å². The number of hydrogen-bond donors (Lipinski definition) is 1. The highest BCUT2D eigenvalue weighted by Crippen LogP contribution is 2.39. The van der Waals surface area contributed by atoms with Gasteiger partial charge in [-0.1, -0.05) is 12.5 Å². The maximum absolute atomic E-state index is 10.6. The van der Waals surface area contributed by atoms with Gasteiger partial charge < -0.3 is 9.84 Å². The summed E-state index contributed by atoms with van der Waals surface area (Å²) in [6.07, 6.45) is 3.19. The van der Waals surface area contributed by atoms with Gasteiger partial charge in [-0.2, -0.15) is 11.8 Å². The summed E-state index contributed by atoms with van der Waals surface area (Å²) in [6, 6.07) is 4.13. The van der Waals surface area contributed by atoms with Crippen molar-refractivity contribution in [1.29, 1.82) is 0 Å². The van der Waals surface area contributed by atoms with Crippen molar-refractivity contribution in [1.82, 2.24) is 0 Å². The van der Waals surface area contributed by atoms with Crippen LogP contribution >= 0.6 is 11.8 Å². The second kappa shape index (κ2) is 5.98. The van der Waals surface area contributed by atoms with Gasteiger partial charge in [-0.3, -0.25) is 0 Å². The minimum Gasteiger partial charge on any atom is -0.496 e. The Balaban J connectivity index is 2.30. The average Bonchev–Trinajstić information content (AvgIpc) is 2.38. The molecule has 0 aliphatic carbocycles. The lowest BCUT2D eigenvalue weighted by Crippen LogP contribution is -2.20. The van der Waals surface area contributed by atoms with Gasteiger partial charge in [0.25, 0.3) is 0 Å². The zero-order chi connectivity index (χ0) is 13.1. The van der Waals surface area contributed by atoms with E-state index in [1.807, 2.05) is 17.8 Å². The van der Waals surface area contributed by atoms with Crippen molar-refractivity contribution in [2.75, 3.05) is 12.9 Å². The molecule has 0 radical (unpaired) electrons. The smallest absolute Gasteiger partial charge is 0.125 e. The van der Waals surface area contributed by atoms with Gasteiger partial charge in [0, 0.05) is 10.8 Å². The molecule has 18 heavy (non-hydrogen) atoms. The highest BCUT2D eigenvalue weighted by atomic mass is 32.2. The number of aliphatic hydroxyl groups excluding tert-OH is 1. The monoisotopic (exact) mass is 266 g/mol. The maximum Gasteiger partial charge on any atom is 0.125 e. The Hall–Kier alpha value is -0.670. The molecule has 1 heterocycles. The lowest BCUT2D eigenvalue weighted by atomic mass is 9.95. The quantitative estimate of drug-likeness (QED) is 0.906. The number of ether oxygens (including phenoxy) is 1. The fourth-order valence-corrected chi connectivity index (χ4v) is 4.01. The van der Waals surface area contributed by atoms with Crippen LogP contribution < -0.4 is 4.74 Å². The number of hydrogen-bond acceptors (Lipinski definition) is 3. The molecule has 2 nitrogen and oxygen atoms in total. The third-order valence-corrected chi connectivity index (χ3v) is 5.02. The van der Waals surface area contributed by atoms with Gasteiger partial charge in [-0.05, 0) is 49.6 Å². The summed E-state index contributed by atoms with van der Waals surface area (Å²) in [4.78, 5) is 0. The topological polar surface area (TPSA) is 29.5 Å². The first-order valence-electron chi connectivity index (χ1n) is 6.58. The molecule has 0 spiro atoms. The molecule has 1 aliphatic heterocycles. The van der Waals surface area contributed by atoms with Crippen molar-refractivity contribution in [3.8, 4) is 5.75 Å². The minimum atomic E-state index is -0.411. The van der Waals surface area contributed by atoms with E-state index in [-0.39, 0.29) is 0 Å². The van der Waals surface area contributed by atoms with Crippen molar-refractivity contribution in [3.63, 3.8) is 0 Å². The van der Waals surface area contributed by atoms with Crippen LogP contribution in [-0.4, -0.2) is 23.2 Å². The molecule has 1 aromatic carbocycles. The predicted octanol–water partition coefficient (Wildman–Crippen LogP) is 3.63. The molecule has 1 saturated heterocycles. The predicted molar refractivity (Wildman–Crippen MR) is 77.5 cm³/mol. The standard InChI is InChI=1S/C15H22O2S/c1-10-8-11(2)14(12(9-10)17-3)15(16)13-6-4-5-7-18-13/h8-9,13,15-16H,4-7H2,1-3H3. The van der Waals surface area contributed by atoms with Crippen molar-refractivity contribution in [2.45, 2.75) is 44.5 Å². The lowest BCUT2D eigenvalue weighted by molar-refractivity contribution is 0.164. The largest absolute Gasteiger partial charge is 0.496 e. The van der Waals surface area contributed by atoms with E-state index in [0.717, 1.165) is 29.1 Å². The summed E-state index contributed by atoms with van der Waals surface area (Å²) in [5.41, 5.74) is 3.28. The normalized spacial score (nSPS) is 21.7. The first kappa shape index (κ1) is 13.8. The molecule has 0 aromatic heterocycles. The SMILES string of the molecule is COc1cc(C)cc(C)c1C(O)C1CCCCS1. The highest BCUT2D eigenvalue weighted by molar-refractivity contribution is 7.99. The van der Waals surface area contributed by atoms with Crippen molar-refractivity contribution < 1.29 is 9.84 Å². The van der Waals surface area contributed by atoms with Gasteiger partial charge in [-0.25, -0.2) is 0 Å². The van der Waals surface area contributed by atoms with Gasteiger partial charge in [-0.15, -0.1) is 0 Å². The van der Waals surface area contributed by atoms with E-state index in [0.29, 0.717) is 5.25 Å². The molecule has 1 aromatic rings. The summed E-state index contributed by atoms with van der Waals surface area (Å²) in [5.74, 6) is 1.99. The molecule has 0 bridgehead atoms. The van der Waals surface area contributed by atoms with E-state index in [1.54, 1.807) is 7.11 Å². The number of rotatable bonds is 3. The van der Waals surface area contributed by atoms with Gasteiger partial charge in [0.2, 0.25) is 0 Å². The van der Waals surface area contributed by atoms with E-state index >= 15 is 0 Å². The molecule has 100 valence electrons. The highest BCUT2D eigenvalue weighted by Gasteiger charge is 2.27. The lowest BCUT2D eigenvalue weighted by Gasteiger charge is -2.28. The Morgan fingerprint density at radius 1 is 1.33 bits per heavy atom. The van der Waals surface area contributed by atoms with E-state index in [2.05, 4.69) is 19.9 Å². The van der Waals surface area contributed by atoms with Crippen LogP contribution in [0.1, 0.15) is 42.1 Å². The third-order valence-electron chi connectivity index (χ3n) is 3.58. The second-order valence-corrected chi connectivity index (χ2v) is 6.39. The van der Waals surface area contributed by atoms with Crippen LogP contribution in [0.4, 0.5) is 0 Å². The molecular formula is C15H22O2S. The van der Waals surface area contributed by atoms with Crippen LogP contribution in [-0.2, 0) is 0 Å². The summed E-state index contributed by atoms with van der Waals surface area (Å²) < 4.78 is 5.45. The Kier molecular flexibility index (Phi) is 4.57. The van der Waals surface area contributed by atoms with Crippen molar-refractivity contribution >= 4 is 11.8 Å². The Labute approximate surface area is 114 Å². The van der Waals surface area contributed by atoms with Crippen molar-refractivity contribution in [3.05, 3.63) is 28.8 Å². The van der Waals surface area contributed by atoms with Gasteiger partial charge in [0.1, 0.15) is 5.75 Å². The molecule has 2 unspecified atom stereocenters. The van der Waals surface area contributed by atoms with Crippen LogP contribution in [0.25, 0.3) is 0 Å². The number of benzene rings is 1. The zero-order valence-corrected chi connectivity index (χ0v) is 12.2. The van der Waals surface area contributed by atoms with Gasteiger partial charge >= 0.3 is 0 Å². The van der Waals surface area contributed by atoms with Gasteiger partial charge in [0.05, 0.1) is 13.2 Å². The first-order chi connectivity index (χ1) is 8.63. The molecule has 2 rings (SSSR count). The van der Waals surface area contributed by atoms with Crippen LogP contribution in [0.3, 0.4) is 0 Å². The van der Waals surface area contributed by atoms with E-state index in [9.17, 15) is 5.11 Å². The number of thioether (sulfide) groups is 1. The Morgan fingerprint density at radius 3 is 2.72 bits per heavy atom. The average molecular weight is 266 g/mol. The Bertz CT molecular complexity index is 411. The molecule has 0 amide bonds. The van der Waals surface area contributed by atoms with E-state index in [4.69, 9.17) is 4.74 Å². The third kappa shape index (κ3) is 2.83. The molecule has 0 saturated carbocycles. The number of methoxy groups -OCH3 is 1. The number of aryl methyl sites for hydroxylation is 2. The first-order valence-corrected chi connectivity index (χ1v) is 7.63. The molecule has 1 aliphatic rings. The Morgan fingerprint density at radius 2 is 2.11 bits per heavy atom.